The number of hydrogen-bond acceptors (Lipinski definition) is 3. The molecule has 0 bridgehead atoms. The Morgan fingerprint density at radius 2 is 1.89 bits per heavy atom. The highest BCUT2D eigenvalue weighted by atomic mass is 19.2. The van der Waals surface area contributed by atoms with Crippen LogP contribution in [0.2, 0.25) is 0 Å². The molecule has 18 heavy (non-hydrogen) atoms. The summed E-state index contributed by atoms with van der Waals surface area (Å²) in [6.07, 6.45) is 0. The van der Waals surface area contributed by atoms with Crippen molar-refractivity contribution in [3.63, 3.8) is 0 Å². The predicted molar refractivity (Wildman–Crippen MR) is 60.6 cm³/mol. The maximum atomic E-state index is 13.3. The lowest BCUT2D eigenvalue weighted by Crippen LogP contribution is -2.33. The van der Waals surface area contributed by atoms with Gasteiger partial charge in [0.05, 0.1) is 18.2 Å². The molecule has 0 aliphatic rings. The number of rotatable bonds is 4. The molecule has 0 radical (unpaired) electrons. The smallest absolute Gasteiger partial charge is 0.313 e. The van der Waals surface area contributed by atoms with Gasteiger partial charge in [0.25, 0.3) is 0 Å². The molecule has 0 saturated carbocycles. The maximum Gasteiger partial charge on any atom is 0.313 e. The van der Waals surface area contributed by atoms with E-state index in [2.05, 4.69) is 10.1 Å². The van der Waals surface area contributed by atoms with Gasteiger partial charge in [-0.05, 0) is 26.0 Å². The van der Waals surface area contributed by atoms with E-state index in [0.29, 0.717) is 0 Å². The van der Waals surface area contributed by atoms with Crippen molar-refractivity contribution in [2.75, 3.05) is 19.0 Å². The summed E-state index contributed by atoms with van der Waals surface area (Å²) >= 11 is 0. The van der Waals surface area contributed by atoms with E-state index in [1.165, 1.54) is 7.11 Å². The van der Waals surface area contributed by atoms with Crippen LogP contribution in [0.3, 0.4) is 0 Å². The SMILES string of the molecule is COC(=O)C(C)(C)CNc1ccc(F)c(F)c1F. The Morgan fingerprint density at radius 3 is 2.44 bits per heavy atom. The van der Waals surface area contributed by atoms with Crippen LogP contribution >= 0.6 is 0 Å². The second-order valence-electron chi connectivity index (χ2n) is 4.45. The second-order valence-corrected chi connectivity index (χ2v) is 4.45. The van der Waals surface area contributed by atoms with E-state index in [4.69, 9.17) is 0 Å². The van der Waals surface area contributed by atoms with Gasteiger partial charge in [0.1, 0.15) is 0 Å². The molecule has 1 rings (SSSR count). The number of nitrogens with one attached hydrogen (secondary N) is 1. The molecule has 6 heteroatoms. The zero-order valence-corrected chi connectivity index (χ0v) is 10.3. The third-order valence-electron chi connectivity index (χ3n) is 2.49. The van der Waals surface area contributed by atoms with Crippen molar-refractivity contribution >= 4 is 11.7 Å². The normalized spacial score (nSPS) is 11.2. The summed E-state index contributed by atoms with van der Waals surface area (Å²) in [4.78, 5) is 11.4. The monoisotopic (exact) mass is 261 g/mol. The van der Waals surface area contributed by atoms with Crippen molar-refractivity contribution in [2.24, 2.45) is 5.41 Å². The number of methoxy groups -OCH3 is 1. The molecular weight excluding hydrogens is 247 g/mol. The summed E-state index contributed by atoms with van der Waals surface area (Å²) in [5, 5.41) is 2.55. The molecule has 0 atom stereocenters. The molecule has 1 aromatic rings. The minimum Gasteiger partial charge on any atom is -0.469 e. The van der Waals surface area contributed by atoms with Crippen LogP contribution in [0, 0.1) is 22.9 Å². The van der Waals surface area contributed by atoms with Gasteiger partial charge in [0.15, 0.2) is 17.5 Å². The number of esters is 1. The molecule has 0 unspecified atom stereocenters. The molecule has 0 spiro atoms. The van der Waals surface area contributed by atoms with Gasteiger partial charge in [-0.3, -0.25) is 4.79 Å². The topological polar surface area (TPSA) is 38.3 Å². The van der Waals surface area contributed by atoms with Gasteiger partial charge in [0, 0.05) is 6.54 Å². The number of anilines is 1. The van der Waals surface area contributed by atoms with Crippen LogP contribution in [0.4, 0.5) is 18.9 Å². The number of benzene rings is 1. The zero-order valence-electron chi connectivity index (χ0n) is 10.3. The highest BCUT2D eigenvalue weighted by Gasteiger charge is 2.29. The molecule has 3 nitrogen and oxygen atoms in total. The molecule has 0 saturated heterocycles. The van der Waals surface area contributed by atoms with Crippen LogP contribution in [0.1, 0.15) is 13.8 Å². The highest BCUT2D eigenvalue weighted by molar-refractivity contribution is 5.76. The lowest BCUT2D eigenvalue weighted by Gasteiger charge is -2.22. The molecule has 100 valence electrons. The average Bonchev–Trinajstić information content (AvgIpc) is 2.34. The average molecular weight is 261 g/mol. The maximum absolute atomic E-state index is 13.3. The standard InChI is InChI=1S/C12H14F3NO2/c1-12(2,11(17)18-3)6-16-8-5-4-7(13)9(14)10(8)15/h4-5,16H,6H2,1-3H3. The first-order valence-corrected chi connectivity index (χ1v) is 5.25. The Labute approximate surface area is 103 Å². The lowest BCUT2D eigenvalue weighted by molar-refractivity contribution is -0.149. The summed E-state index contributed by atoms with van der Waals surface area (Å²) in [7, 11) is 1.24. The fourth-order valence-corrected chi connectivity index (χ4v) is 1.33. The van der Waals surface area contributed by atoms with Crippen LogP contribution in [0.25, 0.3) is 0 Å². The second kappa shape index (κ2) is 5.29. The number of ether oxygens (including phenoxy) is 1. The van der Waals surface area contributed by atoms with Gasteiger partial charge in [0.2, 0.25) is 0 Å². The van der Waals surface area contributed by atoms with Crippen LogP contribution < -0.4 is 5.32 Å². The van der Waals surface area contributed by atoms with Crippen molar-refractivity contribution in [3.8, 4) is 0 Å². The number of carbonyl (C=O) groups is 1. The summed E-state index contributed by atoms with van der Waals surface area (Å²) in [5.74, 6) is -4.60. The van der Waals surface area contributed by atoms with E-state index in [1.807, 2.05) is 0 Å². The fourth-order valence-electron chi connectivity index (χ4n) is 1.33. The van der Waals surface area contributed by atoms with Gasteiger partial charge in [-0.1, -0.05) is 0 Å². The van der Waals surface area contributed by atoms with Gasteiger partial charge >= 0.3 is 5.97 Å². The molecule has 0 aliphatic heterocycles. The largest absolute Gasteiger partial charge is 0.469 e. The molecule has 0 amide bonds. The van der Waals surface area contributed by atoms with Crippen LogP contribution in [-0.4, -0.2) is 19.6 Å². The van der Waals surface area contributed by atoms with E-state index >= 15 is 0 Å². The van der Waals surface area contributed by atoms with Crippen LogP contribution in [0.15, 0.2) is 12.1 Å². The quantitative estimate of drug-likeness (QED) is 0.669. The molecule has 0 aromatic heterocycles. The summed E-state index contributed by atoms with van der Waals surface area (Å²) in [6.45, 7) is 3.20. The molecule has 0 heterocycles. The Bertz CT molecular complexity index is 461. The van der Waals surface area contributed by atoms with Crippen molar-refractivity contribution in [2.45, 2.75) is 13.8 Å². The van der Waals surface area contributed by atoms with Gasteiger partial charge < -0.3 is 10.1 Å². The molecule has 1 N–H and O–H groups in total. The van der Waals surface area contributed by atoms with Crippen molar-refractivity contribution in [3.05, 3.63) is 29.6 Å². The first kappa shape index (κ1) is 14.3. The highest BCUT2D eigenvalue weighted by Crippen LogP contribution is 2.23. The number of carbonyl (C=O) groups excluding carboxylic acids is 1. The van der Waals surface area contributed by atoms with E-state index in [-0.39, 0.29) is 12.2 Å². The Hall–Kier alpha value is -1.72. The third kappa shape index (κ3) is 2.94. The fraction of sp³-hybridized carbons (Fsp3) is 0.417. The Balaban J connectivity index is 2.82. The van der Waals surface area contributed by atoms with E-state index in [0.717, 1.165) is 12.1 Å². The molecular formula is C12H14F3NO2. The first-order valence-electron chi connectivity index (χ1n) is 5.25. The Kier molecular flexibility index (Phi) is 4.21. The van der Waals surface area contributed by atoms with Crippen LogP contribution in [-0.2, 0) is 9.53 Å². The molecule has 1 aromatic carbocycles. The third-order valence-corrected chi connectivity index (χ3v) is 2.49. The van der Waals surface area contributed by atoms with Gasteiger partial charge in [-0.25, -0.2) is 13.2 Å². The number of halogens is 3. The van der Waals surface area contributed by atoms with Crippen LogP contribution in [0.5, 0.6) is 0 Å². The van der Waals surface area contributed by atoms with E-state index in [1.54, 1.807) is 13.8 Å². The van der Waals surface area contributed by atoms with Crippen molar-refractivity contribution in [1.29, 1.82) is 0 Å². The summed E-state index contributed by atoms with van der Waals surface area (Å²) in [6, 6.07) is 1.88. The van der Waals surface area contributed by atoms with Crippen molar-refractivity contribution < 1.29 is 22.7 Å². The molecule has 0 fully saturated rings. The van der Waals surface area contributed by atoms with Crippen molar-refractivity contribution in [1.82, 2.24) is 0 Å². The zero-order chi connectivity index (χ0) is 13.9. The Morgan fingerprint density at radius 1 is 1.28 bits per heavy atom. The number of hydrogen-bond donors (Lipinski definition) is 1. The minimum atomic E-state index is -1.55. The minimum absolute atomic E-state index is 0.0294. The summed E-state index contributed by atoms with van der Waals surface area (Å²) < 4.78 is 43.6. The summed E-state index contributed by atoms with van der Waals surface area (Å²) in [5.41, 5.74) is -1.11. The first-order chi connectivity index (χ1) is 8.29. The lowest BCUT2D eigenvalue weighted by atomic mass is 9.93. The molecule has 0 aliphatic carbocycles. The van der Waals surface area contributed by atoms with Gasteiger partial charge in [-0.2, -0.15) is 0 Å². The predicted octanol–water partition coefficient (Wildman–Crippen LogP) is 2.72. The van der Waals surface area contributed by atoms with E-state index < -0.39 is 28.8 Å². The van der Waals surface area contributed by atoms with E-state index in [9.17, 15) is 18.0 Å². The van der Waals surface area contributed by atoms with Gasteiger partial charge in [-0.15, -0.1) is 0 Å².